The first-order valence-corrected chi connectivity index (χ1v) is 8.24. The van der Waals surface area contributed by atoms with Crippen LogP contribution in [0.1, 0.15) is 27.7 Å². The molecule has 0 bridgehead atoms. The average Bonchev–Trinajstić information content (AvgIpc) is 2.25. The Labute approximate surface area is 113 Å². The summed E-state index contributed by atoms with van der Waals surface area (Å²) in [7, 11) is 0. The van der Waals surface area contributed by atoms with E-state index in [2.05, 4.69) is 5.32 Å². The minimum absolute atomic E-state index is 0.161. The molecule has 1 heterocycles. The second kappa shape index (κ2) is 6.90. The van der Waals surface area contributed by atoms with Crippen LogP contribution in [0.3, 0.4) is 0 Å². The van der Waals surface area contributed by atoms with Gasteiger partial charge in [-0.3, -0.25) is 4.79 Å². The smallest absolute Gasteiger partial charge is 0.323 e. The van der Waals surface area contributed by atoms with Crippen molar-refractivity contribution in [3.05, 3.63) is 0 Å². The normalized spacial score (nSPS) is 23.2. The van der Waals surface area contributed by atoms with Crippen molar-refractivity contribution < 1.29 is 9.53 Å². The van der Waals surface area contributed by atoms with Gasteiger partial charge in [0.2, 0.25) is 0 Å². The van der Waals surface area contributed by atoms with Crippen LogP contribution < -0.4 is 5.32 Å². The van der Waals surface area contributed by atoms with E-state index >= 15 is 0 Å². The Kier molecular flexibility index (Phi) is 6.17. The monoisotopic (exact) mass is 277 g/mol. The standard InChI is InChI=1S/C12H23NO2S2/c1-9(11(14)15-12(2,3)4)13-7-10-8-16-5-6-17-10/h9-10,13H,5-8H2,1-4H3. The van der Waals surface area contributed by atoms with Crippen LogP contribution in [-0.2, 0) is 9.53 Å². The Morgan fingerprint density at radius 1 is 1.47 bits per heavy atom. The van der Waals surface area contributed by atoms with E-state index in [-0.39, 0.29) is 12.0 Å². The molecule has 0 aromatic heterocycles. The van der Waals surface area contributed by atoms with Crippen LogP contribution in [0.4, 0.5) is 0 Å². The van der Waals surface area contributed by atoms with Gasteiger partial charge in [0, 0.05) is 29.1 Å². The molecule has 3 nitrogen and oxygen atoms in total. The van der Waals surface area contributed by atoms with Gasteiger partial charge in [0.15, 0.2) is 0 Å². The second-order valence-corrected chi connectivity index (χ2v) is 7.79. The van der Waals surface area contributed by atoms with Crippen molar-refractivity contribution >= 4 is 29.5 Å². The van der Waals surface area contributed by atoms with E-state index in [0.29, 0.717) is 5.25 Å². The maximum Gasteiger partial charge on any atom is 0.323 e. The Bertz CT molecular complexity index is 247. The summed E-state index contributed by atoms with van der Waals surface area (Å²) in [5.74, 6) is 3.49. The van der Waals surface area contributed by atoms with Gasteiger partial charge in [-0.2, -0.15) is 23.5 Å². The first kappa shape index (κ1) is 15.2. The molecule has 0 saturated carbocycles. The molecule has 2 unspecified atom stereocenters. The first-order valence-electron chi connectivity index (χ1n) is 6.04. The van der Waals surface area contributed by atoms with Gasteiger partial charge in [-0.25, -0.2) is 0 Å². The lowest BCUT2D eigenvalue weighted by Gasteiger charge is -2.25. The Morgan fingerprint density at radius 3 is 2.71 bits per heavy atom. The van der Waals surface area contributed by atoms with Crippen molar-refractivity contribution in [2.75, 3.05) is 23.8 Å². The number of hydrogen-bond acceptors (Lipinski definition) is 5. The fourth-order valence-electron chi connectivity index (χ4n) is 1.44. The lowest BCUT2D eigenvalue weighted by atomic mass is 10.2. The topological polar surface area (TPSA) is 38.3 Å². The average molecular weight is 277 g/mol. The Balaban J connectivity index is 2.23. The zero-order chi connectivity index (χ0) is 12.9. The van der Waals surface area contributed by atoms with E-state index in [9.17, 15) is 4.79 Å². The number of esters is 1. The number of rotatable bonds is 4. The summed E-state index contributed by atoms with van der Waals surface area (Å²) in [5, 5.41) is 3.89. The summed E-state index contributed by atoms with van der Waals surface area (Å²) in [5.41, 5.74) is -0.400. The zero-order valence-corrected chi connectivity index (χ0v) is 12.7. The number of carbonyl (C=O) groups excluding carboxylic acids is 1. The van der Waals surface area contributed by atoms with Gasteiger partial charge in [-0.1, -0.05) is 0 Å². The summed E-state index contributed by atoms with van der Waals surface area (Å²) in [4.78, 5) is 11.7. The summed E-state index contributed by atoms with van der Waals surface area (Å²) < 4.78 is 5.33. The minimum Gasteiger partial charge on any atom is -0.459 e. The number of carbonyl (C=O) groups is 1. The van der Waals surface area contributed by atoms with Gasteiger partial charge in [0.1, 0.15) is 11.6 Å². The quantitative estimate of drug-likeness (QED) is 0.797. The number of nitrogens with one attached hydrogen (secondary N) is 1. The summed E-state index contributed by atoms with van der Waals surface area (Å²) in [6.07, 6.45) is 0. The highest BCUT2D eigenvalue weighted by Gasteiger charge is 2.22. The zero-order valence-electron chi connectivity index (χ0n) is 11.1. The van der Waals surface area contributed by atoms with Gasteiger partial charge in [-0.05, 0) is 27.7 Å². The summed E-state index contributed by atoms with van der Waals surface area (Å²) >= 11 is 3.99. The van der Waals surface area contributed by atoms with Crippen LogP contribution in [-0.4, -0.2) is 46.7 Å². The molecule has 2 atom stereocenters. The molecule has 0 aromatic carbocycles. The highest BCUT2D eigenvalue weighted by Crippen LogP contribution is 2.23. The lowest BCUT2D eigenvalue weighted by Crippen LogP contribution is -2.42. The van der Waals surface area contributed by atoms with Crippen molar-refractivity contribution in [3.8, 4) is 0 Å². The molecule has 1 aliphatic rings. The molecule has 1 fully saturated rings. The Hall–Kier alpha value is 0.130. The maximum atomic E-state index is 11.7. The fourth-order valence-corrected chi connectivity index (χ4v) is 4.06. The molecular formula is C12H23NO2S2. The Morgan fingerprint density at radius 2 is 2.18 bits per heavy atom. The van der Waals surface area contributed by atoms with E-state index in [4.69, 9.17) is 4.74 Å². The van der Waals surface area contributed by atoms with Crippen molar-refractivity contribution in [2.24, 2.45) is 0 Å². The van der Waals surface area contributed by atoms with Gasteiger partial charge >= 0.3 is 5.97 Å². The van der Waals surface area contributed by atoms with Crippen LogP contribution in [0, 0.1) is 0 Å². The van der Waals surface area contributed by atoms with Crippen LogP contribution in [0.15, 0.2) is 0 Å². The molecule has 0 radical (unpaired) electrons. The van der Waals surface area contributed by atoms with E-state index in [1.165, 1.54) is 17.3 Å². The molecule has 0 aromatic rings. The molecule has 0 amide bonds. The van der Waals surface area contributed by atoms with E-state index < -0.39 is 5.60 Å². The molecule has 0 spiro atoms. The van der Waals surface area contributed by atoms with Gasteiger partial charge in [-0.15, -0.1) is 0 Å². The fraction of sp³-hybridized carbons (Fsp3) is 0.917. The number of ether oxygens (including phenoxy) is 1. The van der Waals surface area contributed by atoms with E-state index in [1.807, 2.05) is 51.2 Å². The van der Waals surface area contributed by atoms with Crippen molar-refractivity contribution in [3.63, 3.8) is 0 Å². The van der Waals surface area contributed by atoms with Crippen molar-refractivity contribution in [1.82, 2.24) is 5.32 Å². The predicted octanol–water partition coefficient (Wildman–Crippen LogP) is 2.15. The van der Waals surface area contributed by atoms with Crippen molar-refractivity contribution in [1.29, 1.82) is 0 Å². The molecule has 1 aliphatic heterocycles. The van der Waals surface area contributed by atoms with E-state index in [0.717, 1.165) is 6.54 Å². The molecule has 1 saturated heterocycles. The number of hydrogen-bond donors (Lipinski definition) is 1. The third-order valence-corrected chi connectivity index (χ3v) is 5.14. The molecular weight excluding hydrogens is 254 g/mol. The van der Waals surface area contributed by atoms with Gasteiger partial charge in [0.05, 0.1) is 0 Å². The van der Waals surface area contributed by atoms with Crippen LogP contribution in [0.2, 0.25) is 0 Å². The SMILES string of the molecule is CC(NCC1CSCCS1)C(=O)OC(C)(C)C. The molecule has 1 N–H and O–H groups in total. The predicted molar refractivity (Wildman–Crippen MR) is 76.9 cm³/mol. The number of thioether (sulfide) groups is 2. The molecule has 100 valence electrons. The third kappa shape index (κ3) is 6.58. The third-order valence-electron chi connectivity index (χ3n) is 2.30. The molecule has 5 heteroatoms. The molecule has 17 heavy (non-hydrogen) atoms. The maximum absolute atomic E-state index is 11.7. The van der Waals surface area contributed by atoms with Crippen LogP contribution in [0.5, 0.6) is 0 Å². The molecule has 0 aliphatic carbocycles. The largest absolute Gasteiger partial charge is 0.459 e. The van der Waals surface area contributed by atoms with E-state index in [1.54, 1.807) is 0 Å². The first-order chi connectivity index (χ1) is 7.88. The second-order valence-electron chi connectivity index (χ2n) is 5.23. The van der Waals surface area contributed by atoms with Crippen LogP contribution >= 0.6 is 23.5 Å². The summed E-state index contributed by atoms with van der Waals surface area (Å²) in [6.45, 7) is 8.44. The van der Waals surface area contributed by atoms with Crippen molar-refractivity contribution in [2.45, 2.75) is 44.6 Å². The van der Waals surface area contributed by atoms with Crippen LogP contribution in [0.25, 0.3) is 0 Å². The lowest BCUT2D eigenvalue weighted by molar-refractivity contribution is -0.156. The van der Waals surface area contributed by atoms with Gasteiger partial charge in [0.25, 0.3) is 0 Å². The van der Waals surface area contributed by atoms with Gasteiger partial charge < -0.3 is 10.1 Å². The minimum atomic E-state index is -0.400. The summed E-state index contributed by atoms with van der Waals surface area (Å²) in [6, 6.07) is -0.221. The highest BCUT2D eigenvalue weighted by atomic mass is 32.2. The molecule has 1 rings (SSSR count). The highest BCUT2D eigenvalue weighted by molar-refractivity contribution is 8.06.